The fourth-order valence-electron chi connectivity index (χ4n) is 1.36. The molecule has 4 nitrogen and oxygen atoms in total. The van der Waals surface area contributed by atoms with Crippen LogP contribution in [0.15, 0.2) is 29.2 Å². The topological polar surface area (TPSA) is 58.2 Å². The van der Waals surface area contributed by atoms with Crippen LogP contribution < -0.4 is 10.0 Å². The summed E-state index contributed by atoms with van der Waals surface area (Å²) in [6.45, 7) is 0.700. The maximum absolute atomic E-state index is 11.7. The Bertz CT molecular complexity index is 447. The Kier molecular flexibility index (Phi) is 5.80. The average Bonchev–Trinajstić information content (AvgIpc) is 2.29. The Balaban J connectivity index is 2.62. The van der Waals surface area contributed by atoms with E-state index in [9.17, 15) is 8.42 Å². The fraction of sp³-hybridized carbons (Fsp3) is 0.455. The molecule has 0 heterocycles. The SMILES string of the molecule is CNCCCS(=O)(=O)Nc1cccc(SC)c1. The van der Waals surface area contributed by atoms with Crippen molar-refractivity contribution in [2.75, 3.05) is 30.3 Å². The Morgan fingerprint density at radius 3 is 2.76 bits per heavy atom. The van der Waals surface area contributed by atoms with E-state index in [1.165, 1.54) is 0 Å². The first kappa shape index (κ1) is 14.3. The number of hydrogen-bond donors (Lipinski definition) is 2. The smallest absolute Gasteiger partial charge is 0.232 e. The molecule has 0 aliphatic carbocycles. The molecule has 0 bridgehead atoms. The Hall–Kier alpha value is -0.720. The molecule has 0 aliphatic heterocycles. The zero-order chi connectivity index (χ0) is 12.7. The number of hydrogen-bond acceptors (Lipinski definition) is 4. The lowest BCUT2D eigenvalue weighted by molar-refractivity contribution is 0.597. The minimum absolute atomic E-state index is 0.136. The van der Waals surface area contributed by atoms with Crippen LogP contribution in [0.3, 0.4) is 0 Å². The first-order valence-corrected chi connectivity index (χ1v) is 8.24. The molecule has 0 saturated carbocycles. The van der Waals surface area contributed by atoms with Crippen LogP contribution in [0.2, 0.25) is 0 Å². The summed E-state index contributed by atoms with van der Waals surface area (Å²) in [5, 5.41) is 2.93. The summed E-state index contributed by atoms with van der Waals surface area (Å²) in [7, 11) is -1.42. The van der Waals surface area contributed by atoms with Crippen molar-refractivity contribution in [1.29, 1.82) is 0 Å². The van der Waals surface area contributed by atoms with Gasteiger partial charge >= 0.3 is 0 Å². The fourth-order valence-corrected chi connectivity index (χ4v) is 2.93. The van der Waals surface area contributed by atoms with E-state index in [-0.39, 0.29) is 5.75 Å². The van der Waals surface area contributed by atoms with Crippen LogP contribution in [-0.2, 0) is 10.0 Å². The molecule has 1 rings (SSSR count). The molecule has 17 heavy (non-hydrogen) atoms. The Morgan fingerprint density at radius 1 is 1.35 bits per heavy atom. The molecule has 0 radical (unpaired) electrons. The van der Waals surface area contributed by atoms with Gasteiger partial charge in [0.15, 0.2) is 0 Å². The first-order valence-electron chi connectivity index (χ1n) is 5.36. The van der Waals surface area contributed by atoms with Crippen molar-refractivity contribution in [3.8, 4) is 0 Å². The van der Waals surface area contributed by atoms with E-state index >= 15 is 0 Å². The number of anilines is 1. The van der Waals surface area contributed by atoms with E-state index < -0.39 is 10.0 Å². The summed E-state index contributed by atoms with van der Waals surface area (Å²) >= 11 is 1.59. The lowest BCUT2D eigenvalue weighted by Gasteiger charge is -2.08. The van der Waals surface area contributed by atoms with Gasteiger partial charge in [-0.1, -0.05) is 6.07 Å². The highest BCUT2D eigenvalue weighted by Gasteiger charge is 2.09. The van der Waals surface area contributed by atoms with Crippen molar-refractivity contribution in [2.24, 2.45) is 0 Å². The summed E-state index contributed by atoms with van der Waals surface area (Å²) < 4.78 is 26.0. The van der Waals surface area contributed by atoms with Gasteiger partial charge in [0.05, 0.1) is 5.75 Å². The van der Waals surface area contributed by atoms with Gasteiger partial charge < -0.3 is 5.32 Å². The van der Waals surface area contributed by atoms with Gasteiger partial charge in [-0.2, -0.15) is 0 Å². The molecule has 6 heteroatoms. The van der Waals surface area contributed by atoms with E-state index in [0.29, 0.717) is 18.7 Å². The number of rotatable bonds is 7. The van der Waals surface area contributed by atoms with Gasteiger partial charge in [0, 0.05) is 10.6 Å². The third-order valence-electron chi connectivity index (χ3n) is 2.18. The molecule has 1 aromatic rings. The van der Waals surface area contributed by atoms with Gasteiger partial charge in [-0.05, 0) is 44.5 Å². The van der Waals surface area contributed by atoms with Gasteiger partial charge in [-0.3, -0.25) is 4.72 Å². The maximum Gasteiger partial charge on any atom is 0.232 e. The molecule has 0 aliphatic rings. The minimum Gasteiger partial charge on any atom is -0.320 e. The lowest BCUT2D eigenvalue weighted by atomic mass is 10.3. The Morgan fingerprint density at radius 2 is 2.12 bits per heavy atom. The predicted octanol–water partition coefficient (Wildman–Crippen LogP) is 1.76. The minimum atomic E-state index is -3.23. The second-order valence-electron chi connectivity index (χ2n) is 3.61. The second kappa shape index (κ2) is 6.88. The zero-order valence-corrected chi connectivity index (χ0v) is 11.7. The number of nitrogens with one attached hydrogen (secondary N) is 2. The van der Waals surface area contributed by atoms with Crippen molar-refractivity contribution < 1.29 is 8.42 Å². The van der Waals surface area contributed by atoms with Crippen LogP contribution in [-0.4, -0.2) is 34.0 Å². The zero-order valence-electron chi connectivity index (χ0n) is 10.1. The Labute approximate surface area is 107 Å². The van der Waals surface area contributed by atoms with Crippen molar-refractivity contribution in [3.05, 3.63) is 24.3 Å². The quantitative estimate of drug-likeness (QED) is 0.587. The molecule has 0 atom stereocenters. The molecule has 0 spiro atoms. The molecule has 2 N–H and O–H groups in total. The number of thioether (sulfide) groups is 1. The van der Waals surface area contributed by atoms with E-state index in [1.807, 2.05) is 31.5 Å². The summed E-state index contributed by atoms with van der Waals surface area (Å²) in [4.78, 5) is 1.04. The maximum atomic E-state index is 11.7. The first-order chi connectivity index (χ1) is 8.07. The molecular formula is C11H18N2O2S2. The highest BCUT2D eigenvalue weighted by Crippen LogP contribution is 2.19. The molecule has 0 unspecified atom stereocenters. The monoisotopic (exact) mass is 274 g/mol. The van der Waals surface area contributed by atoms with Crippen LogP contribution in [0.25, 0.3) is 0 Å². The normalized spacial score (nSPS) is 11.4. The van der Waals surface area contributed by atoms with Crippen LogP contribution in [0, 0.1) is 0 Å². The third kappa shape index (κ3) is 5.43. The molecule has 1 aromatic carbocycles. The van der Waals surface area contributed by atoms with E-state index in [4.69, 9.17) is 0 Å². The average molecular weight is 274 g/mol. The van der Waals surface area contributed by atoms with Crippen LogP contribution in [0.4, 0.5) is 5.69 Å². The van der Waals surface area contributed by atoms with Crippen molar-refractivity contribution >= 4 is 27.5 Å². The molecule has 0 saturated heterocycles. The van der Waals surface area contributed by atoms with Gasteiger partial charge in [-0.25, -0.2) is 8.42 Å². The predicted molar refractivity (Wildman–Crippen MR) is 74.2 cm³/mol. The lowest BCUT2D eigenvalue weighted by Crippen LogP contribution is -2.20. The second-order valence-corrected chi connectivity index (χ2v) is 6.33. The van der Waals surface area contributed by atoms with Gasteiger partial charge in [0.2, 0.25) is 10.0 Å². The summed E-state index contributed by atoms with van der Waals surface area (Å²) in [5.41, 5.74) is 0.626. The van der Waals surface area contributed by atoms with Crippen LogP contribution >= 0.6 is 11.8 Å². The molecule has 0 fully saturated rings. The van der Waals surface area contributed by atoms with Crippen molar-refractivity contribution in [3.63, 3.8) is 0 Å². The van der Waals surface area contributed by atoms with Gasteiger partial charge in [0.1, 0.15) is 0 Å². The highest BCUT2D eigenvalue weighted by molar-refractivity contribution is 7.98. The molecule has 96 valence electrons. The standard InChI is InChI=1S/C11H18N2O2S2/c1-12-7-4-8-17(14,15)13-10-5-3-6-11(9-10)16-2/h3,5-6,9,12-13H,4,7-8H2,1-2H3. The molecule has 0 amide bonds. The largest absolute Gasteiger partial charge is 0.320 e. The summed E-state index contributed by atoms with van der Waals surface area (Å²) in [6.07, 6.45) is 2.56. The van der Waals surface area contributed by atoms with Crippen LogP contribution in [0.5, 0.6) is 0 Å². The van der Waals surface area contributed by atoms with Gasteiger partial charge in [-0.15, -0.1) is 11.8 Å². The van der Waals surface area contributed by atoms with E-state index in [2.05, 4.69) is 10.0 Å². The third-order valence-corrected chi connectivity index (χ3v) is 4.28. The molecular weight excluding hydrogens is 256 g/mol. The van der Waals surface area contributed by atoms with E-state index in [0.717, 1.165) is 4.90 Å². The van der Waals surface area contributed by atoms with Gasteiger partial charge in [0.25, 0.3) is 0 Å². The van der Waals surface area contributed by atoms with Crippen molar-refractivity contribution in [1.82, 2.24) is 5.32 Å². The molecule has 0 aromatic heterocycles. The number of benzene rings is 1. The highest BCUT2D eigenvalue weighted by atomic mass is 32.2. The summed E-state index contributed by atoms with van der Waals surface area (Å²) in [5.74, 6) is 0.136. The number of sulfonamides is 1. The van der Waals surface area contributed by atoms with E-state index in [1.54, 1.807) is 17.8 Å². The summed E-state index contributed by atoms with van der Waals surface area (Å²) in [6, 6.07) is 7.39. The van der Waals surface area contributed by atoms with Crippen LogP contribution in [0.1, 0.15) is 6.42 Å². The van der Waals surface area contributed by atoms with Crippen molar-refractivity contribution in [2.45, 2.75) is 11.3 Å².